The summed E-state index contributed by atoms with van der Waals surface area (Å²) in [5.74, 6) is 0. The summed E-state index contributed by atoms with van der Waals surface area (Å²) in [5.41, 5.74) is 0. The van der Waals surface area contributed by atoms with Gasteiger partial charge >= 0.3 is 0 Å². The quantitative estimate of drug-likeness (QED) is 0.481. The van der Waals surface area contributed by atoms with Crippen molar-refractivity contribution >= 4 is 0 Å². The molecule has 0 aromatic heterocycles. The zero-order valence-electron chi connectivity index (χ0n) is 8.12. The Labute approximate surface area is 74.2 Å². The highest BCUT2D eigenvalue weighted by molar-refractivity contribution is 4.58. The minimum Gasteiger partial charge on any atom is -0.379 e. The topological polar surface area (TPSA) is 55.7 Å². The minimum atomic E-state index is -0.474. The number of nitrogens with zero attached hydrogens (tertiary/aromatic N) is 1. The normalized spacial score (nSPS) is 16.5. The maximum atomic E-state index is 9.21. The van der Waals surface area contributed by atoms with Crippen molar-refractivity contribution in [3.63, 3.8) is 0 Å². The van der Waals surface area contributed by atoms with E-state index in [-0.39, 0.29) is 0 Å². The smallest absolute Gasteiger partial charge is 0.104 e. The Hall–Kier alpha value is -0.160. The molecule has 0 spiro atoms. The van der Waals surface area contributed by atoms with Gasteiger partial charge in [-0.2, -0.15) is 0 Å². The molecule has 4 nitrogen and oxygen atoms in total. The predicted molar refractivity (Wildman–Crippen MR) is 48.6 cm³/mol. The van der Waals surface area contributed by atoms with Crippen LogP contribution in [0.3, 0.4) is 0 Å². The molecule has 0 aromatic carbocycles. The van der Waals surface area contributed by atoms with Gasteiger partial charge in [-0.15, -0.1) is 0 Å². The first-order chi connectivity index (χ1) is 5.57. The maximum Gasteiger partial charge on any atom is 0.104 e. The van der Waals surface area contributed by atoms with Gasteiger partial charge in [0.1, 0.15) is 12.5 Å². The van der Waals surface area contributed by atoms with E-state index in [4.69, 9.17) is 5.11 Å². The summed E-state index contributed by atoms with van der Waals surface area (Å²) in [6, 6.07) is 0. The molecule has 0 heterocycles. The summed E-state index contributed by atoms with van der Waals surface area (Å²) in [6.07, 6.45) is -0.886. The summed E-state index contributed by atoms with van der Waals surface area (Å²) in [7, 11) is 0. The van der Waals surface area contributed by atoms with Crippen LogP contribution in [0.15, 0.2) is 0 Å². The monoisotopic (exact) mass is 176 g/mol. The van der Waals surface area contributed by atoms with Crippen LogP contribution in [0.5, 0.6) is 0 Å². The van der Waals surface area contributed by atoms with Crippen LogP contribution in [-0.2, 0) is 0 Å². The highest BCUT2D eigenvalue weighted by Crippen LogP contribution is 1.92. The number of aliphatic hydroxyl groups is 2. The minimum absolute atomic E-state index is 0.411. The summed E-state index contributed by atoms with van der Waals surface area (Å²) < 4.78 is 0. The lowest BCUT2D eigenvalue weighted by Gasteiger charge is -2.23. The van der Waals surface area contributed by atoms with Crippen molar-refractivity contribution in [1.82, 2.24) is 10.2 Å². The molecule has 0 fully saturated rings. The van der Waals surface area contributed by atoms with Crippen molar-refractivity contribution in [1.29, 1.82) is 0 Å². The van der Waals surface area contributed by atoms with Gasteiger partial charge in [-0.05, 0) is 20.4 Å². The molecule has 4 heteroatoms. The second-order valence-corrected chi connectivity index (χ2v) is 2.89. The molecule has 0 amide bonds. The van der Waals surface area contributed by atoms with E-state index in [1.165, 1.54) is 0 Å². The van der Waals surface area contributed by atoms with E-state index < -0.39 is 12.5 Å². The largest absolute Gasteiger partial charge is 0.379 e. The molecule has 0 rings (SSSR count). The lowest BCUT2D eigenvalue weighted by Crippen LogP contribution is -2.40. The van der Waals surface area contributed by atoms with Crippen LogP contribution in [0.1, 0.15) is 20.8 Å². The zero-order chi connectivity index (χ0) is 9.56. The fourth-order valence-corrected chi connectivity index (χ4v) is 1.03. The van der Waals surface area contributed by atoms with Crippen LogP contribution in [0.4, 0.5) is 0 Å². The van der Waals surface area contributed by atoms with Crippen molar-refractivity contribution in [2.24, 2.45) is 0 Å². The van der Waals surface area contributed by atoms with E-state index in [1.54, 1.807) is 13.8 Å². The van der Waals surface area contributed by atoms with Crippen molar-refractivity contribution in [2.45, 2.75) is 33.2 Å². The van der Waals surface area contributed by atoms with Gasteiger partial charge in [0.25, 0.3) is 0 Å². The Bertz CT molecular complexity index is 107. The maximum absolute atomic E-state index is 9.21. The van der Waals surface area contributed by atoms with Crippen LogP contribution in [0.25, 0.3) is 0 Å². The molecule has 0 aliphatic carbocycles. The van der Waals surface area contributed by atoms with Crippen LogP contribution in [-0.4, -0.2) is 47.2 Å². The average Bonchev–Trinajstić information content (AvgIpc) is 1.96. The third-order valence-corrected chi connectivity index (χ3v) is 1.77. The van der Waals surface area contributed by atoms with Gasteiger partial charge in [0.2, 0.25) is 0 Å². The molecule has 74 valence electrons. The van der Waals surface area contributed by atoms with Crippen LogP contribution in [0.2, 0.25) is 0 Å². The van der Waals surface area contributed by atoms with Gasteiger partial charge in [0.15, 0.2) is 0 Å². The van der Waals surface area contributed by atoms with E-state index in [9.17, 15) is 5.11 Å². The van der Waals surface area contributed by atoms with Crippen LogP contribution in [0, 0.1) is 0 Å². The number of hydrogen-bond acceptors (Lipinski definition) is 4. The van der Waals surface area contributed by atoms with Crippen molar-refractivity contribution in [3.8, 4) is 0 Å². The van der Waals surface area contributed by atoms with Gasteiger partial charge in [0.05, 0.1) is 0 Å². The first-order valence-corrected chi connectivity index (χ1v) is 4.41. The first kappa shape index (κ1) is 11.8. The molecule has 0 aromatic rings. The van der Waals surface area contributed by atoms with Crippen molar-refractivity contribution in [3.05, 3.63) is 0 Å². The average molecular weight is 176 g/mol. The third kappa shape index (κ3) is 5.49. The van der Waals surface area contributed by atoms with Gasteiger partial charge in [-0.3, -0.25) is 10.2 Å². The summed E-state index contributed by atoms with van der Waals surface area (Å²) in [5, 5.41) is 21.0. The fraction of sp³-hybridized carbons (Fsp3) is 1.00. The molecule has 0 bridgehead atoms. The second kappa shape index (κ2) is 6.37. The third-order valence-electron chi connectivity index (χ3n) is 1.77. The predicted octanol–water partition coefficient (Wildman–Crippen LogP) is -0.425. The molecule has 0 saturated carbocycles. The SMILES string of the molecule is CCN(CCNC(C)O)C(C)O. The second-order valence-electron chi connectivity index (χ2n) is 2.89. The molecule has 0 aliphatic heterocycles. The highest BCUT2D eigenvalue weighted by Gasteiger charge is 2.07. The number of rotatable bonds is 6. The molecular weight excluding hydrogens is 156 g/mol. The van der Waals surface area contributed by atoms with Crippen LogP contribution >= 0.6 is 0 Å². The van der Waals surface area contributed by atoms with E-state index >= 15 is 0 Å². The van der Waals surface area contributed by atoms with E-state index in [0.29, 0.717) is 6.54 Å². The Morgan fingerprint density at radius 2 is 1.92 bits per heavy atom. The highest BCUT2D eigenvalue weighted by atomic mass is 16.3. The Balaban J connectivity index is 3.45. The number of likely N-dealkylation sites (N-methyl/N-ethyl adjacent to an activating group) is 1. The van der Waals surface area contributed by atoms with E-state index in [2.05, 4.69) is 5.32 Å². The van der Waals surface area contributed by atoms with Gasteiger partial charge in [0, 0.05) is 13.1 Å². The zero-order valence-corrected chi connectivity index (χ0v) is 8.12. The first-order valence-electron chi connectivity index (χ1n) is 4.41. The van der Waals surface area contributed by atoms with E-state index in [1.807, 2.05) is 11.8 Å². The lowest BCUT2D eigenvalue weighted by atomic mass is 10.4. The van der Waals surface area contributed by atoms with Gasteiger partial charge < -0.3 is 10.2 Å². The molecule has 3 N–H and O–H groups in total. The van der Waals surface area contributed by atoms with Gasteiger partial charge in [-0.1, -0.05) is 6.92 Å². The molecule has 12 heavy (non-hydrogen) atoms. The molecule has 0 radical (unpaired) electrons. The number of nitrogens with one attached hydrogen (secondary N) is 1. The molecular formula is C8H20N2O2. The molecule has 2 unspecified atom stereocenters. The Kier molecular flexibility index (Phi) is 6.28. The van der Waals surface area contributed by atoms with E-state index in [0.717, 1.165) is 13.1 Å². The summed E-state index contributed by atoms with van der Waals surface area (Å²) >= 11 is 0. The molecule has 0 saturated heterocycles. The van der Waals surface area contributed by atoms with Crippen molar-refractivity contribution in [2.75, 3.05) is 19.6 Å². The Morgan fingerprint density at radius 1 is 1.33 bits per heavy atom. The van der Waals surface area contributed by atoms with Crippen LogP contribution < -0.4 is 5.32 Å². The molecule has 0 aliphatic rings. The standard InChI is InChI=1S/C8H20N2O2/c1-4-10(8(3)12)6-5-9-7(2)11/h7-9,11-12H,4-6H2,1-3H3. The molecule has 2 atom stereocenters. The fourth-order valence-electron chi connectivity index (χ4n) is 1.03. The summed E-state index contributed by atoms with van der Waals surface area (Å²) in [4.78, 5) is 1.91. The lowest BCUT2D eigenvalue weighted by molar-refractivity contribution is 0.0203. The Morgan fingerprint density at radius 3 is 2.25 bits per heavy atom. The summed E-state index contributed by atoms with van der Waals surface area (Å²) in [6.45, 7) is 7.67. The number of aliphatic hydroxyl groups excluding tert-OH is 2. The van der Waals surface area contributed by atoms with Gasteiger partial charge in [-0.25, -0.2) is 0 Å². The van der Waals surface area contributed by atoms with Crippen molar-refractivity contribution < 1.29 is 10.2 Å². The number of hydrogen-bond donors (Lipinski definition) is 3.